The number of rotatable bonds is 5. The van der Waals surface area contributed by atoms with Gasteiger partial charge in [-0.3, -0.25) is 0 Å². The van der Waals surface area contributed by atoms with E-state index in [9.17, 15) is 5.11 Å². The number of hydrogen-bond acceptors (Lipinski definition) is 2. The molecule has 1 aromatic carbocycles. The molecule has 0 spiro atoms. The highest BCUT2D eigenvalue weighted by Crippen LogP contribution is 2.23. The number of aryl methyl sites for hydroxylation is 1. The van der Waals surface area contributed by atoms with Gasteiger partial charge in [-0.25, -0.2) is 0 Å². The lowest BCUT2D eigenvalue weighted by atomic mass is 10.1. The van der Waals surface area contributed by atoms with E-state index in [0.717, 1.165) is 29.9 Å². The summed E-state index contributed by atoms with van der Waals surface area (Å²) in [5.74, 6) is 1.50. The highest BCUT2D eigenvalue weighted by atomic mass is 16.5. The summed E-state index contributed by atoms with van der Waals surface area (Å²) >= 11 is 0. The lowest BCUT2D eigenvalue weighted by molar-refractivity contribution is 0.199. The molecule has 0 fully saturated rings. The first-order valence-electron chi connectivity index (χ1n) is 5.96. The third kappa shape index (κ3) is 3.53. The normalized spacial score (nSPS) is 14.6. The molecule has 0 saturated carbocycles. The van der Waals surface area contributed by atoms with Crippen molar-refractivity contribution >= 4 is 0 Å². The molecule has 90 valence electrons. The summed E-state index contributed by atoms with van der Waals surface area (Å²) < 4.78 is 5.74. The Kier molecular flexibility index (Phi) is 4.81. The van der Waals surface area contributed by atoms with Crippen LogP contribution in [0.25, 0.3) is 0 Å². The average molecular weight is 222 g/mol. The molecule has 0 bridgehead atoms. The van der Waals surface area contributed by atoms with Crippen LogP contribution in [-0.2, 0) is 0 Å². The average Bonchev–Trinajstić information content (AvgIpc) is 2.26. The lowest BCUT2D eigenvalue weighted by Gasteiger charge is -2.14. The summed E-state index contributed by atoms with van der Waals surface area (Å²) in [5.41, 5.74) is 2.02. The molecule has 0 aliphatic carbocycles. The van der Waals surface area contributed by atoms with Crippen molar-refractivity contribution in [2.75, 3.05) is 6.61 Å². The summed E-state index contributed by atoms with van der Waals surface area (Å²) in [6.07, 6.45) is 0.715. The van der Waals surface area contributed by atoms with Gasteiger partial charge in [0, 0.05) is 0 Å². The van der Waals surface area contributed by atoms with Gasteiger partial charge >= 0.3 is 0 Å². The van der Waals surface area contributed by atoms with Gasteiger partial charge in [0.2, 0.25) is 0 Å². The van der Waals surface area contributed by atoms with Crippen molar-refractivity contribution in [3.63, 3.8) is 0 Å². The van der Waals surface area contributed by atoms with Gasteiger partial charge in [-0.05, 0) is 43.0 Å². The zero-order chi connectivity index (χ0) is 12.1. The Balaban J connectivity index is 2.68. The number of hydrogen-bond donors (Lipinski definition) is 1. The molecule has 0 heterocycles. The number of aliphatic hydroxyl groups is 1. The number of benzene rings is 1. The molecule has 0 saturated heterocycles. The van der Waals surface area contributed by atoms with Crippen LogP contribution in [0.5, 0.6) is 5.75 Å². The molecule has 1 aromatic rings. The van der Waals surface area contributed by atoms with Crippen LogP contribution in [0.1, 0.15) is 44.4 Å². The molecule has 0 aromatic heterocycles. The Morgan fingerprint density at radius 1 is 1.31 bits per heavy atom. The third-order valence-electron chi connectivity index (χ3n) is 2.90. The fraction of sp³-hybridized carbons (Fsp3) is 0.571. The number of aliphatic hydroxyl groups excluding tert-OH is 1. The zero-order valence-electron chi connectivity index (χ0n) is 10.7. The smallest absolute Gasteiger partial charge is 0.122 e. The van der Waals surface area contributed by atoms with Crippen LogP contribution in [0.4, 0.5) is 0 Å². The van der Waals surface area contributed by atoms with Crippen molar-refractivity contribution < 1.29 is 9.84 Å². The van der Waals surface area contributed by atoms with Crippen LogP contribution in [0.2, 0.25) is 0 Å². The monoisotopic (exact) mass is 222 g/mol. The molecule has 0 aliphatic heterocycles. The minimum Gasteiger partial charge on any atom is -0.493 e. The molecular weight excluding hydrogens is 200 g/mol. The van der Waals surface area contributed by atoms with E-state index < -0.39 is 6.10 Å². The molecule has 0 aliphatic rings. The van der Waals surface area contributed by atoms with Crippen LogP contribution >= 0.6 is 0 Å². The molecule has 2 atom stereocenters. The zero-order valence-corrected chi connectivity index (χ0v) is 10.7. The van der Waals surface area contributed by atoms with Crippen LogP contribution in [0.3, 0.4) is 0 Å². The predicted octanol–water partition coefficient (Wildman–Crippen LogP) is 3.47. The third-order valence-corrected chi connectivity index (χ3v) is 2.90. The lowest BCUT2D eigenvalue weighted by Crippen LogP contribution is -2.08. The molecule has 0 amide bonds. The minimum atomic E-state index is -0.415. The maximum atomic E-state index is 9.45. The SMILES string of the molecule is CCC(C)COc1ccc(C(C)O)cc1C. The van der Waals surface area contributed by atoms with Crippen molar-refractivity contribution in [1.82, 2.24) is 0 Å². The van der Waals surface area contributed by atoms with Gasteiger partial charge in [0.05, 0.1) is 12.7 Å². The highest BCUT2D eigenvalue weighted by Gasteiger charge is 2.06. The maximum absolute atomic E-state index is 9.45. The second-order valence-electron chi connectivity index (χ2n) is 4.53. The summed E-state index contributed by atoms with van der Waals surface area (Å²) in [6, 6.07) is 5.85. The van der Waals surface area contributed by atoms with Gasteiger partial charge in [-0.1, -0.05) is 26.3 Å². The maximum Gasteiger partial charge on any atom is 0.122 e. The minimum absolute atomic E-state index is 0.415. The summed E-state index contributed by atoms with van der Waals surface area (Å²) in [4.78, 5) is 0. The number of ether oxygens (including phenoxy) is 1. The highest BCUT2D eigenvalue weighted by molar-refractivity contribution is 5.36. The Morgan fingerprint density at radius 2 is 2.00 bits per heavy atom. The molecule has 16 heavy (non-hydrogen) atoms. The van der Waals surface area contributed by atoms with Gasteiger partial charge < -0.3 is 9.84 Å². The van der Waals surface area contributed by atoms with Gasteiger partial charge in [0.15, 0.2) is 0 Å². The molecule has 2 nitrogen and oxygen atoms in total. The van der Waals surface area contributed by atoms with E-state index in [1.54, 1.807) is 6.92 Å². The van der Waals surface area contributed by atoms with Crippen LogP contribution in [-0.4, -0.2) is 11.7 Å². The predicted molar refractivity (Wildman–Crippen MR) is 66.8 cm³/mol. The van der Waals surface area contributed by atoms with Crippen molar-refractivity contribution in [3.8, 4) is 5.75 Å². The van der Waals surface area contributed by atoms with Crippen molar-refractivity contribution in [3.05, 3.63) is 29.3 Å². The molecule has 1 N–H and O–H groups in total. The Labute approximate surface area is 98.3 Å². The summed E-state index contributed by atoms with van der Waals surface area (Å²) in [5, 5.41) is 9.45. The Morgan fingerprint density at radius 3 is 2.50 bits per heavy atom. The molecule has 1 rings (SSSR count). The van der Waals surface area contributed by atoms with E-state index in [1.165, 1.54) is 0 Å². The summed E-state index contributed by atoms with van der Waals surface area (Å²) in [6.45, 7) is 8.88. The van der Waals surface area contributed by atoms with E-state index in [2.05, 4.69) is 13.8 Å². The first-order chi connectivity index (χ1) is 7.54. The van der Waals surface area contributed by atoms with Crippen LogP contribution in [0.15, 0.2) is 18.2 Å². The fourth-order valence-corrected chi connectivity index (χ4v) is 1.44. The largest absolute Gasteiger partial charge is 0.493 e. The van der Waals surface area contributed by atoms with Crippen molar-refractivity contribution in [2.45, 2.75) is 40.2 Å². The Bertz CT molecular complexity index is 332. The Hall–Kier alpha value is -1.02. The molecule has 2 heteroatoms. The first kappa shape index (κ1) is 13.0. The standard InChI is InChI=1S/C14H22O2/c1-5-10(2)9-16-14-7-6-13(12(4)15)8-11(14)3/h6-8,10,12,15H,5,9H2,1-4H3. The topological polar surface area (TPSA) is 29.5 Å². The van der Waals surface area contributed by atoms with Gasteiger partial charge in [-0.15, -0.1) is 0 Å². The quantitative estimate of drug-likeness (QED) is 0.826. The molecule has 2 unspecified atom stereocenters. The van der Waals surface area contributed by atoms with E-state index in [-0.39, 0.29) is 0 Å². The van der Waals surface area contributed by atoms with E-state index >= 15 is 0 Å². The van der Waals surface area contributed by atoms with Gasteiger partial charge in [0.25, 0.3) is 0 Å². The van der Waals surface area contributed by atoms with Crippen LogP contribution < -0.4 is 4.74 Å². The van der Waals surface area contributed by atoms with Crippen LogP contribution in [0, 0.1) is 12.8 Å². The van der Waals surface area contributed by atoms with E-state index in [0.29, 0.717) is 5.92 Å². The first-order valence-corrected chi connectivity index (χ1v) is 5.96. The second-order valence-corrected chi connectivity index (χ2v) is 4.53. The fourth-order valence-electron chi connectivity index (χ4n) is 1.44. The van der Waals surface area contributed by atoms with E-state index in [4.69, 9.17) is 4.74 Å². The van der Waals surface area contributed by atoms with Crippen molar-refractivity contribution in [2.24, 2.45) is 5.92 Å². The molecule has 0 radical (unpaired) electrons. The van der Waals surface area contributed by atoms with E-state index in [1.807, 2.05) is 25.1 Å². The molecular formula is C14H22O2. The summed E-state index contributed by atoms with van der Waals surface area (Å²) in [7, 11) is 0. The second kappa shape index (κ2) is 5.90. The van der Waals surface area contributed by atoms with Gasteiger partial charge in [-0.2, -0.15) is 0 Å². The van der Waals surface area contributed by atoms with Crippen molar-refractivity contribution in [1.29, 1.82) is 0 Å². The van der Waals surface area contributed by atoms with Gasteiger partial charge in [0.1, 0.15) is 5.75 Å².